The van der Waals surface area contributed by atoms with Crippen LogP contribution in [0.4, 0.5) is 17.1 Å². The number of nitrogens with zero attached hydrogens (tertiary/aromatic N) is 3. The van der Waals surface area contributed by atoms with E-state index >= 15 is 0 Å². The minimum absolute atomic E-state index is 0.00927. The number of rotatable bonds is 6. The van der Waals surface area contributed by atoms with Gasteiger partial charge in [-0.05, 0) is 147 Å². The molecule has 0 spiro atoms. The van der Waals surface area contributed by atoms with Crippen molar-refractivity contribution in [1.29, 1.82) is 0 Å². The normalized spacial score (nSPS) is 13.2. The van der Waals surface area contributed by atoms with E-state index in [0.717, 1.165) is 53.4 Å². The lowest BCUT2D eigenvalue weighted by atomic mass is 9.94. The largest absolute Gasteiger partial charge is 0.436 e. The molecule has 0 atom stereocenters. The van der Waals surface area contributed by atoms with Gasteiger partial charge in [0.15, 0.2) is 5.58 Å². The molecule has 4 nitrogen and oxygen atoms in total. The summed E-state index contributed by atoms with van der Waals surface area (Å²) in [5, 5.41) is 4.59. The third kappa shape index (κ3) is 5.61. The van der Waals surface area contributed by atoms with E-state index in [1.54, 1.807) is 16.2 Å². The van der Waals surface area contributed by atoms with Crippen LogP contribution >= 0.6 is 11.3 Å². The number of fused-ring (bicyclic) bond motifs is 5. The highest BCUT2D eigenvalue weighted by molar-refractivity contribution is 7.21. The molecule has 0 fully saturated rings. The molecule has 0 aliphatic heterocycles. The van der Waals surface area contributed by atoms with Crippen molar-refractivity contribution >= 4 is 82.0 Å². The highest BCUT2D eigenvalue weighted by Gasteiger charge is 2.17. The zero-order valence-corrected chi connectivity index (χ0v) is 29.9. The van der Waals surface area contributed by atoms with Gasteiger partial charge in [0, 0.05) is 28.2 Å². The van der Waals surface area contributed by atoms with E-state index in [1.807, 2.05) is 146 Å². The first-order valence-corrected chi connectivity index (χ1v) is 18.7. The molecule has 2 aromatic heterocycles. The Bertz CT molecular complexity index is 3380. The van der Waals surface area contributed by atoms with Crippen LogP contribution in [0.2, 0.25) is 0 Å². The van der Waals surface area contributed by atoms with Gasteiger partial charge in [-0.15, -0.1) is 11.3 Å². The minimum atomic E-state index is -0.300. The van der Waals surface area contributed by atoms with Crippen LogP contribution in [0.25, 0.3) is 86.8 Å². The standard InChI is InChI=1S/C50H31N3OS/c1-2-9-35-31-44-38(28-34(35)8-1)10-7-11-43(44)39-17-16-37-30-42(27-22-36(37)29-39)53(40-23-18-32(19-24-40)49-51-45-12-3-5-14-47(45)54-49)41-25-20-33(21-26-41)50-52-46-13-4-6-15-48(46)55-50/h1-31H/i16D,17D,22D,27D,29D,30D. The van der Waals surface area contributed by atoms with Crippen LogP contribution in [0.3, 0.4) is 0 Å². The molecule has 0 N–H and O–H groups in total. The topological polar surface area (TPSA) is 42.2 Å². The molecule has 0 saturated carbocycles. The Hall–Kier alpha value is -7.08. The van der Waals surface area contributed by atoms with Crippen molar-refractivity contribution < 1.29 is 12.6 Å². The molecule has 9 aromatic carbocycles. The third-order valence-corrected chi connectivity index (χ3v) is 11.0. The molecule has 0 aliphatic rings. The maximum Gasteiger partial charge on any atom is 0.227 e. The highest BCUT2D eigenvalue weighted by Crippen LogP contribution is 2.40. The van der Waals surface area contributed by atoms with Gasteiger partial charge in [0.25, 0.3) is 0 Å². The summed E-state index contributed by atoms with van der Waals surface area (Å²) < 4.78 is 64.3. The molecule has 0 aliphatic carbocycles. The number of benzene rings is 9. The number of oxazole rings is 1. The van der Waals surface area contributed by atoms with E-state index in [1.165, 1.54) is 0 Å². The Labute approximate surface area is 329 Å². The second-order valence-corrected chi connectivity index (χ2v) is 14.4. The predicted molar refractivity (Wildman–Crippen MR) is 231 cm³/mol. The predicted octanol–water partition coefficient (Wildman–Crippen LogP) is 14.4. The van der Waals surface area contributed by atoms with Crippen molar-refractivity contribution in [2.75, 3.05) is 4.90 Å². The summed E-state index contributed by atoms with van der Waals surface area (Å²) in [6, 6.07) is 46.9. The smallest absolute Gasteiger partial charge is 0.227 e. The van der Waals surface area contributed by atoms with Crippen molar-refractivity contribution in [1.82, 2.24) is 9.97 Å². The summed E-state index contributed by atoms with van der Waals surface area (Å²) in [4.78, 5) is 11.2. The van der Waals surface area contributed by atoms with Crippen molar-refractivity contribution in [2.45, 2.75) is 0 Å². The minimum Gasteiger partial charge on any atom is -0.436 e. The van der Waals surface area contributed by atoms with Crippen LogP contribution in [0.5, 0.6) is 0 Å². The van der Waals surface area contributed by atoms with Crippen LogP contribution < -0.4 is 4.90 Å². The van der Waals surface area contributed by atoms with Gasteiger partial charge < -0.3 is 9.32 Å². The van der Waals surface area contributed by atoms with E-state index in [2.05, 4.69) is 11.1 Å². The highest BCUT2D eigenvalue weighted by atomic mass is 32.1. The molecule has 55 heavy (non-hydrogen) atoms. The van der Waals surface area contributed by atoms with Crippen molar-refractivity contribution in [3.63, 3.8) is 0 Å². The quantitative estimate of drug-likeness (QED) is 0.160. The van der Waals surface area contributed by atoms with Crippen LogP contribution in [0.1, 0.15) is 8.22 Å². The van der Waals surface area contributed by atoms with E-state index < -0.39 is 0 Å². The number of para-hydroxylation sites is 3. The van der Waals surface area contributed by atoms with Crippen LogP contribution in [-0.4, -0.2) is 9.97 Å². The third-order valence-electron chi connectivity index (χ3n) is 9.93. The summed E-state index contributed by atoms with van der Waals surface area (Å²) >= 11 is 1.59. The zero-order chi connectivity index (χ0) is 41.5. The summed E-state index contributed by atoms with van der Waals surface area (Å²) in [5.41, 5.74) is 5.95. The van der Waals surface area contributed by atoms with Crippen LogP contribution in [0, 0.1) is 0 Å². The lowest BCUT2D eigenvalue weighted by Crippen LogP contribution is -2.09. The molecule has 0 unspecified atom stereocenters. The Morgan fingerprint density at radius 2 is 1.16 bits per heavy atom. The van der Waals surface area contributed by atoms with Crippen molar-refractivity contribution in [2.24, 2.45) is 0 Å². The Morgan fingerprint density at radius 1 is 0.491 bits per heavy atom. The Balaban J connectivity index is 1.10. The SMILES string of the molecule is [2H]c1c(N(c2ccc(-c3nc4ccccc4o3)cc2)c2ccc(-c3nc4ccccc4s3)cc2)c([2H])c2c([2H])c([2H])c(-c3cccc4cc5ccccc5cc34)c([2H])c2c1[2H]. The van der Waals surface area contributed by atoms with Gasteiger partial charge >= 0.3 is 0 Å². The summed E-state index contributed by atoms with van der Waals surface area (Å²) in [6.07, 6.45) is 0. The molecular formula is C50H31N3OS. The van der Waals surface area contributed by atoms with Crippen molar-refractivity contribution in [3.05, 3.63) is 188 Å². The van der Waals surface area contributed by atoms with E-state index in [-0.39, 0.29) is 58.3 Å². The molecule has 0 saturated heterocycles. The fourth-order valence-electron chi connectivity index (χ4n) is 7.20. The molecule has 5 heteroatoms. The zero-order valence-electron chi connectivity index (χ0n) is 35.1. The molecule has 2 heterocycles. The first-order valence-electron chi connectivity index (χ1n) is 20.9. The number of hydrogen-bond donors (Lipinski definition) is 0. The molecule has 0 radical (unpaired) electrons. The van der Waals surface area contributed by atoms with Gasteiger partial charge in [-0.2, -0.15) is 0 Å². The molecule has 11 rings (SSSR count). The van der Waals surface area contributed by atoms with Gasteiger partial charge in [-0.1, -0.05) is 84.9 Å². The number of hydrogen-bond acceptors (Lipinski definition) is 5. The summed E-state index contributed by atoms with van der Waals surface area (Å²) in [5.74, 6) is 0.445. The van der Waals surface area contributed by atoms with Gasteiger partial charge in [-0.25, -0.2) is 9.97 Å². The van der Waals surface area contributed by atoms with Gasteiger partial charge in [0.05, 0.1) is 18.4 Å². The first-order chi connectivity index (χ1) is 29.7. The number of aromatic nitrogens is 2. The van der Waals surface area contributed by atoms with Gasteiger partial charge in [-0.3, -0.25) is 0 Å². The number of anilines is 3. The van der Waals surface area contributed by atoms with Crippen LogP contribution in [0.15, 0.2) is 192 Å². The second-order valence-electron chi connectivity index (χ2n) is 13.4. The number of thiazole rings is 1. The van der Waals surface area contributed by atoms with E-state index in [4.69, 9.17) is 9.40 Å². The average molecular weight is 728 g/mol. The molecule has 258 valence electrons. The maximum absolute atomic E-state index is 9.75. The second kappa shape index (κ2) is 12.8. The first kappa shape index (κ1) is 25.8. The fourth-order valence-corrected chi connectivity index (χ4v) is 8.17. The van der Waals surface area contributed by atoms with Crippen molar-refractivity contribution in [3.8, 4) is 33.2 Å². The fraction of sp³-hybridized carbons (Fsp3) is 0. The molecule has 0 amide bonds. The molecule has 11 aromatic rings. The average Bonchev–Trinajstić information content (AvgIpc) is 3.93. The Kier molecular flexibility index (Phi) is 6.01. The summed E-state index contributed by atoms with van der Waals surface area (Å²) in [6.45, 7) is 0. The van der Waals surface area contributed by atoms with E-state index in [9.17, 15) is 8.22 Å². The molecular weight excluding hydrogens is 691 g/mol. The van der Waals surface area contributed by atoms with E-state index in [0.29, 0.717) is 28.4 Å². The van der Waals surface area contributed by atoms with Gasteiger partial charge in [0.1, 0.15) is 10.5 Å². The van der Waals surface area contributed by atoms with Crippen LogP contribution in [-0.2, 0) is 0 Å². The lowest BCUT2D eigenvalue weighted by molar-refractivity contribution is 0.620. The summed E-state index contributed by atoms with van der Waals surface area (Å²) in [7, 11) is 0. The molecule has 0 bridgehead atoms. The monoisotopic (exact) mass is 727 g/mol. The van der Waals surface area contributed by atoms with Gasteiger partial charge in [0.2, 0.25) is 5.89 Å². The maximum atomic E-state index is 9.75. The lowest BCUT2D eigenvalue weighted by Gasteiger charge is -2.26. The Morgan fingerprint density at radius 3 is 1.96 bits per heavy atom.